The predicted octanol–water partition coefficient (Wildman–Crippen LogP) is 4.40. The molecular formula is C6H3Br4N. The molecule has 0 aliphatic carbocycles. The van der Waals surface area contributed by atoms with Crippen molar-refractivity contribution in [2.45, 2.75) is 3.74 Å². The first-order valence-corrected chi connectivity index (χ1v) is 6.12. The molecule has 0 aromatic carbocycles. The van der Waals surface area contributed by atoms with Gasteiger partial charge in [-0.25, -0.2) is 4.98 Å². The summed E-state index contributed by atoms with van der Waals surface area (Å²) in [7, 11) is 0. The zero-order valence-corrected chi connectivity index (χ0v) is 11.5. The van der Waals surface area contributed by atoms with Gasteiger partial charge in [0.25, 0.3) is 0 Å². The fourth-order valence-corrected chi connectivity index (χ4v) is 2.70. The molecule has 1 rings (SSSR count). The highest BCUT2D eigenvalue weighted by atomic mass is 79.9. The zero-order valence-electron chi connectivity index (χ0n) is 5.19. The summed E-state index contributed by atoms with van der Waals surface area (Å²) in [5, 5.41) is 0. The Kier molecular flexibility index (Phi) is 4.01. The second-order valence-electron chi connectivity index (χ2n) is 1.83. The summed E-state index contributed by atoms with van der Waals surface area (Å²) in [5.41, 5.74) is 1.07. The van der Waals surface area contributed by atoms with Crippen molar-refractivity contribution in [3.05, 3.63) is 26.9 Å². The molecule has 0 radical (unpaired) electrons. The molecule has 1 nitrogen and oxygen atoms in total. The van der Waals surface area contributed by atoms with Gasteiger partial charge in [0.2, 0.25) is 0 Å². The van der Waals surface area contributed by atoms with Crippen molar-refractivity contribution in [1.82, 2.24) is 4.98 Å². The number of nitrogens with zero attached hydrogens (tertiary/aromatic N) is 1. The number of hydrogen-bond acceptors (Lipinski definition) is 1. The first kappa shape index (κ1) is 10.2. The molecule has 0 N–H and O–H groups in total. The van der Waals surface area contributed by atoms with Crippen molar-refractivity contribution in [3.8, 4) is 0 Å². The highest BCUT2D eigenvalue weighted by Gasteiger charge is 2.08. The molecule has 1 aromatic heterocycles. The van der Waals surface area contributed by atoms with E-state index in [1.807, 2.05) is 6.07 Å². The van der Waals surface area contributed by atoms with Crippen LogP contribution in [0.15, 0.2) is 21.3 Å². The van der Waals surface area contributed by atoms with Crippen molar-refractivity contribution >= 4 is 63.7 Å². The number of rotatable bonds is 1. The van der Waals surface area contributed by atoms with Gasteiger partial charge in [-0.05, 0) is 37.9 Å². The molecule has 60 valence electrons. The third-order valence-electron chi connectivity index (χ3n) is 1.07. The lowest BCUT2D eigenvalue weighted by Gasteiger charge is -2.03. The van der Waals surface area contributed by atoms with Gasteiger partial charge in [-0.2, -0.15) is 0 Å². The fraction of sp³-hybridized carbons (Fsp3) is 0.167. The van der Waals surface area contributed by atoms with Crippen LogP contribution in [0.2, 0.25) is 0 Å². The van der Waals surface area contributed by atoms with Crippen molar-refractivity contribution in [2.24, 2.45) is 0 Å². The van der Waals surface area contributed by atoms with Crippen LogP contribution in [-0.2, 0) is 0 Å². The van der Waals surface area contributed by atoms with Crippen molar-refractivity contribution in [2.75, 3.05) is 0 Å². The molecule has 0 fully saturated rings. The first-order chi connectivity index (χ1) is 5.11. The summed E-state index contributed by atoms with van der Waals surface area (Å²) in [6.45, 7) is 0. The van der Waals surface area contributed by atoms with Crippen LogP contribution in [-0.4, -0.2) is 4.98 Å². The topological polar surface area (TPSA) is 12.9 Å². The van der Waals surface area contributed by atoms with Gasteiger partial charge < -0.3 is 0 Å². The Labute approximate surface area is 98.5 Å². The van der Waals surface area contributed by atoms with Crippen LogP contribution in [0.4, 0.5) is 0 Å². The molecule has 0 aliphatic heterocycles. The zero-order chi connectivity index (χ0) is 8.43. The van der Waals surface area contributed by atoms with Crippen LogP contribution in [0, 0.1) is 0 Å². The lowest BCUT2D eigenvalue weighted by molar-refractivity contribution is 1.19. The van der Waals surface area contributed by atoms with Crippen LogP contribution in [0.1, 0.15) is 9.30 Å². The SMILES string of the molecule is Brc1cnc(Br)c(C(Br)Br)c1. The van der Waals surface area contributed by atoms with E-state index in [1.165, 1.54) is 0 Å². The van der Waals surface area contributed by atoms with Gasteiger partial charge in [0.1, 0.15) is 4.60 Å². The molecule has 5 heteroatoms. The smallest absolute Gasteiger partial charge is 0.111 e. The molecule has 0 spiro atoms. The maximum absolute atomic E-state index is 4.11. The average molecular weight is 409 g/mol. The average Bonchev–Trinajstić information content (AvgIpc) is 1.94. The van der Waals surface area contributed by atoms with E-state index in [0.717, 1.165) is 14.6 Å². The Morgan fingerprint density at radius 3 is 2.36 bits per heavy atom. The molecule has 0 atom stereocenters. The molecule has 0 saturated heterocycles. The van der Waals surface area contributed by atoms with Gasteiger partial charge in [-0.1, -0.05) is 31.9 Å². The van der Waals surface area contributed by atoms with E-state index < -0.39 is 0 Å². The largest absolute Gasteiger partial charge is 0.248 e. The summed E-state index contributed by atoms with van der Waals surface area (Å²) in [6.07, 6.45) is 1.75. The molecule has 0 amide bonds. The number of pyridine rings is 1. The molecule has 1 heterocycles. The summed E-state index contributed by atoms with van der Waals surface area (Å²) < 4.78 is 1.95. The molecule has 0 bridgehead atoms. The van der Waals surface area contributed by atoms with E-state index in [-0.39, 0.29) is 3.74 Å². The number of halogens is 4. The predicted molar refractivity (Wildman–Crippen MR) is 60.2 cm³/mol. The van der Waals surface area contributed by atoms with Gasteiger partial charge in [-0.3, -0.25) is 0 Å². The second-order valence-corrected chi connectivity index (χ2v) is 6.56. The van der Waals surface area contributed by atoms with E-state index in [0.29, 0.717) is 0 Å². The van der Waals surface area contributed by atoms with Crippen LogP contribution in [0.25, 0.3) is 0 Å². The Morgan fingerprint density at radius 1 is 1.27 bits per heavy atom. The van der Waals surface area contributed by atoms with Gasteiger partial charge in [0, 0.05) is 16.2 Å². The van der Waals surface area contributed by atoms with Gasteiger partial charge in [-0.15, -0.1) is 0 Å². The molecule has 0 unspecified atom stereocenters. The van der Waals surface area contributed by atoms with Crippen LogP contribution < -0.4 is 0 Å². The van der Waals surface area contributed by atoms with E-state index in [4.69, 9.17) is 0 Å². The Balaban J connectivity index is 3.13. The molecule has 1 aromatic rings. The number of aromatic nitrogens is 1. The monoisotopic (exact) mass is 405 g/mol. The van der Waals surface area contributed by atoms with Gasteiger partial charge in [0.05, 0.1) is 3.74 Å². The Bertz CT molecular complexity index is 261. The standard InChI is InChI=1S/C6H3Br4N/c7-3-1-4(5(8)9)6(10)11-2-3/h1-2,5H. The first-order valence-electron chi connectivity index (χ1n) is 2.70. The molecule has 0 saturated carbocycles. The van der Waals surface area contributed by atoms with Gasteiger partial charge >= 0.3 is 0 Å². The lowest BCUT2D eigenvalue weighted by atomic mass is 10.3. The third kappa shape index (κ3) is 2.79. The van der Waals surface area contributed by atoms with E-state index in [2.05, 4.69) is 68.7 Å². The van der Waals surface area contributed by atoms with Crippen LogP contribution >= 0.6 is 63.7 Å². The summed E-state index contributed by atoms with van der Waals surface area (Å²) in [6, 6.07) is 1.99. The highest BCUT2D eigenvalue weighted by molar-refractivity contribution is 9.24. The minimum absolute atomic E-state index is 0.134. The Hall–Kier alpha value is 1.07. The van der Waals surface area contributed by atoms with Crippen LogP contribution in [0.5, 0.6) is 0 Å². The van der Waals surface area contributed by atoms with Crippen LogP contribution in [0.3, 0.4) is 0 Å². The minimum atomic E-state index is 0.134. The second kappa shape index (κ2) is 4.35. The van der Waals surface area contributed by atoms with Gasteiger partial charge in [0.15, 0.2) is 0 Å². The summed E-state index contributed by atoms with van der Waals surface area (Å²) in [5.74, 6) is 0. The van der Waals surface area contributed by atoms with Crippen molar-refractivity contribution < 1.29 is 0 Å². The minimum Gasteiger partial charge on any atom is -0.248 e. The summed E-state index contributed by atoms with van der Waals surface area (Å²) in [4.78, 5) is 4.11. The molecule has 11 heavy (non-hydrogen) atoms. The maximum atomic E-state index is 4.11. The normalized spacial score (nSPS) is 10.6. The molecule has 0 aliphatic rings. The quantitative estimate of drug-likeness (QED) is 0.496. The molecular weight excluding hydrogens is 406 g/mol. The lowest BCUT2D eigenvalue weighted by Crippen LogP contribution is -1.86. The van der Waals surface area contributed by atoms with E-state index in [1.54, 1.807) is 6.20 Å². The maximum Gasteiger partial charge on any atom is 0.111 e. The number of alkyl halides is 2. The summed E-state index contributed by atoms with van der Waals surface area (Å²) >= 11 is 13.5. The van der Waals surface area contributed by atoms with Crippen molar-refractivity contribution in [1.29, 1.82) is 0 Å². The fourth-order valence-electron chi connectivity index (χ4n) is 0.591. The number of hydrogen-bond donors (Lipinski definition) is 0. The van der Waals surface area contributed by atoms with E-state index in [9.17, 15) is 0 Å². The van der Waals surface area contributed by atoms with Crippen molar-refractivity contribution in [3.63, 3.8) is 0 Å². The highest BCUT2D eigenvalue weighted by Crippen LogP contribution is 2.34. The Morgan fingerprint density at radius 2 is 1.91 bits per heavy atom. The van der Waals surface area contributed by atoms with E-state index >= 15 is 0 Å². The third-order valence-corrected chi connectivity index (χ3v) is 3.15.